The molecule has 0 saturated heterocycles. The number of nitrogens with zero attached hydrogens (tertiary/aromatic N) is 1. The van der Waals surface area contributed by atoms with E-state index in [1.807, 2.05) is 0 Å². The average molecular weight is 115 g/mol. The van der Waals surface area contributed by atoms with Crippen molar-refractivity contribution in [3.8, 4) is 0 Å². The highest BCUT2D eigenvalue weighted by Gasteiger charge is 2.11. The van der Waals surface area contributed by atoms with Crippen LogP contribution in [0.5, 0.6) is 0 Å². The zero-order valence-electron chi connectivity index (χ0n) is 4.93. The molecule has 1 atom stereocenters. The molecule has 0 aromatic heterocycles. The lowest BCUT2D eigenvalue weighted by Gasteiger charge is -2.06. The molecule has 0 aromatic carbocycles. The van der Waals surface area contributed by atoms with Gasteiger partial charge in [-0.25, -0.2) is 0 Å². The van der Waals surface area contributed by atoms with Crippen molar-refractivity contribution in [2.45, 2.75) is 13.3 Å². The Bertz CT molecular complexity index is 112. The summed E-state index contributed by atoms with van der Waals surface area (Å²) in [7, 11) is 1.80. The van der Waals surface area contributed by atoms with Crippen molar-refractivity contribution in [3.05, 3.63) is 0 Å². The molecule has 46 valence electrons. The minimum absolute atomic E-state index is 0.130. The maximum atomic E-state index is 5.04. The predicted molar refractivity (Wildman–Crippen MR) is 30.2 cm³/mol. The van der Waals surface area contributed by atoms with E-state index < -0.39 is 0 Å². The summed E-state index contributed by atoms with van der Waals surface area (Å²) < 4.78 is 5.04. The third kappa shape index (κ3) is 0.894. The molecule has 0 spiro atoms. The van der Waals surface area contributed by atoms with Crippen LogP contribution in [0, 0.1) is 0 Å². The largest absolute Gasteiger partial charge is 0.441 e. The van der Waals surface area contributed by atoms with Crippen LogP contribution in [-0.4, -0.2) is 19.3 Å². The fraction of sp³-hybridized carbons (Fsp3) is 0.750. The third-order valence-electron chi connectivity index (χ3n) is 0.890. The summed E-state index contributed by atoms with van der Waals surface area (Å²) in [4.78, 5) is 0. The molecular formula is C4H9N3O. The molecule has 4 nitrogen and oxygen atoms in total. The Morgan fingerprint density at radius 3 is 2.88 bits per heavy atom. The molecule has 1 unspecified atom stereocenters. The molecule has 1 heterocycles. The van der Waals surface area contributed by atoms with E-state index >= 15 is 0 Å². The number of hydrogen-bond donors (Lipinski definition) is 2. The van der Waals surface area contributed by atoms with Crippen molar-refractivity contribution in [1.82, 2.24) is 10.7 Å². The van der Waals surface area contributed by atoms with Gasteiger partial charge in [-0.2, -0.15) is 0 Å². The highest BCUT2D eigenvalue weighted by molar-refractivity contribution is 5.73. The van der Waals surface area contributed by atoms with E-state index in [2.05, 4.69) is 15.8 Å². The Morgan fingerprint density at radius 2 is 2.62 bits per heavy atom. The van der Waals surface area contributed by atoms with Crippen LogP contribution in [0.2, 0.25) is 0 Å². The number of nitrogens with one attached hydrogen (secondary N) is 2. The summed E-state index contributed by atoms with van der Waals surface area (Å²) in [5.74, 6) is 0.671. The highest BCUT2D eigenvalue weighted by Crippen LogP contribution is 1.92. The first-order valence-electron chi connectivity index (χ1n) is 2.46. The van der Waals surface area contributed by atoms with Crippen LogP contribution in [-0.2, 0) is 4.74 Å². The molecule has 1 aliphatic heterocycles. The van der Waals surface area contributed by atoms with Crippen LogP contribution >= 0.6 is 0 Å². The maximum absolute atomic E-state index is 5.04. The van der Waals surface area contributed by atoms with Crippen molar-refractivity contribution in [2.24, 2.45) is 5.10 Å². The van der Waals surface area contributed by atoms with Gasteiger partial charge in [0.15, 0.2) is 0 Å². The van der Waals surface area contributed by atoms with E-state index in [0.29, 0.717) is 5.90 Å². The van der Waals surface area contributed by atoms with Gasteiger partial charge in [-0.15, -0.1) is 5.10 Å². The Hall–Kier alpha value is -0.770. The SMILES string of the molecule is CNC1NN=C(C)O1. The second kappa shape index (κ2) is 2.00. The summed E-state index contributed by atoms with van der Waals surface area (Å²) >= 11 is 0. The minimum Gasteiger partial charge on any atom is -0.441 e. The van der Waals surface area contributed by atoms with E-state index in [9.17, 15) is 0 Å². The van der Waals surface area contributed by atoms with Crippen molar-refractivity contribution >= 4 is 5.90 Å². The zero-order chi connectivity index (χ0) is 5.98. The van der Waals surface area contributed by atoms with E-state index in [0.717, 1.165) is 0 Å². The van der Waals surface area contributed by atoms with Gasteiger partial charge in [-0.05, 0) is 7.05 Å². The van der Waals surface area contributed by atoms with Gasteiger partial charge < -0.3 is 4.74 Å². The normalized spacial score (nSPS) is 26.2. The zero-order valence-corrected chi connectivity index (χ0v) is 4.93. The molecule has 0 saturated carbocycles. The Morgan fingerprint density at radius 1 is 1.88 bits per heavy atom. The topological polar surface area (TPSA) is 45.7 Å². The number of hydrazone groups is 1. The molecule has 4 heteroatoms. The second-order valence-corrected chi connectivity index (χ2v) is 1.55. The van der Waals surface area contributed by atoms with Gasteiger partial charge in [0.25, 0.3) is 0 Å². The monoisotopic (exact) mass is 115 g/mol. The lowest BCUT2D eigenvalue weighted by molar-refractivity contribution is 0.157. The van der Waals surface area contributed by atoms with Crippen LogP contribution < -0.4 is 10.7 Å². The van der Waals surface area contributed by atoms with Crippen LogP contribution in [0.25, 0.3) is 0 Å². The Balaban J connectivity index is 2.32. The number of ether oxygens (including phenoxy) is 1. The first-order chi connectivity index (χ1) is 3.83. The Kier molecular flexibility index (Phi) is 1.34. The number of hydrogen-bond acceptors (Lipinski definition) is 4. The average Bonchev–Trinajstić information content (AvgIpc) is 2.14. The van der Waals surface area contributed by atoms with Crippen molar-refractivity contribution in [2.75, 3.05) is 7.05 Å². The second-order valence-electron chi connectivity index (χ2n) is 1.55. The summed E-state index contributed by atoms with van der Waals surface area (Å²) in [6.45, 7) is 1.80. The maximum Gasteiger partial charge on any atom is 0.243 e. The molecule has 8 heavy (non-hydrogen) atoms. The lowest BCUT2D eigenvalue weighted by Crippen LogP contribution is -2.35. The molecule has 1 aliphatic rings. The van der Waals surface area contributed by atoms with Gasteiger partial charge in [-0.3, -0.25) is 10.7 Å². The van der Waals surface area contributed by atoms with Gasteiger partial charge >= 0.3 is 0 Å². The highest BCUT2D eigenvalue weighted by atomic mass is 16.5. The summed E-state index contributed by atoms with van der Waals surface area (Å²) in [6.07, 6.45) is -0.130. The van der Waals surface area contributed by atoms with Gasteiger partial charge in [-0.1, -0.05) is 0 Å². The molecule has 0 radical (unpaired) electrons. The van der Waals surface area contributed by atoms with Crippen LogP contribution in [0.3, 0.4) is 0 Å². The molecule has 0 bridgehead atoms. The summed E-state index contributed by atoms with van der Waals surface area (Å²) in [5, 5.41) is 6.62. The lowest BCUT2D eigenvalue weighted by atomic mass is 10.8. The van der Waals surface area contributed by atoms with Gasteiger partial charge in [0.2, 0.25) is 12.2 Å². The first kappa shape index (κ1) is 5.37. The van der Waals surface area contributed by atoms with E-state index in [4.69, 9.17) is 4.74 Å². The van der Waals surface area contributed by atoms with Gasteiger partial charge in [0.1, 0.15) is 0 Å². The van der Waals surface area contributed by atoms with Crippen LogP contribution in [0.15, 0.2) is 5.10 Å². The predicted octanol–water partition coefficient (Wildman–Crippen LogP) is -0.557. The van der Waals surface area contributed by atoms with Crippen LogP contribution in [0.1, 0.15) is 6.92 Å². The smallest absolute Gasteiger partial charge is 0.243 e. The fourth-order valence-electron chi connectivity index (χ4n) is 0.496. The van der Waals surface area contributed by atoms with Crippen LogP contribution in [0.4, 0.5) is 0 Å². The quantitative estimate of drug-likeness (QED) is 0.481. The standard InChI is InChI=1S/C4H9N3O/c1-3-6-7-4(5-2)8-3/h4-5,7H,1-2H3. The number of rotatable bonds is 1. The minimum atomic E-state index is -0.130. The molecule has 0 fully saturated rings. The van der Waals surface area contributed by atoms with Crippen molar-refractivity contribution in [3.63, 3.8) is 0 Å². The van der Waals surface area contributed by atoms with Crippen molar-refractivity contribution < 1.29 is 4.74 Å². The molecule has 0 aliphatic carbocycles. The van der Waals surface area contributed by atoms with E-state index in [1.165, 1.54) is 0 Å². The third-order valence-corrected chi connectivity index (χ3v) is 0.890. The summed E-state index contributed by atoms with van der Waals surface area (Å²) in [6, 6.07) is 0. The molecule has 0 amide bonds. The van der Waals surface area contributed by atoms with E-state index in [-0.39, 0.29) is 6.35 Å². The molecule has 0 aromatic rings. The van der Waals surface area contributed by atoms with Gasteiger partial charge in [0, 0.05) is 6.92 Å². The first-order valence-corrected chi connectivity index (χ1v) is 2.46. The van der Waals surface area contributed by atoms with Crippen molar-refractivity contribution in [1.29, 1.82) is 0 Å². The van der Waals surface area contributed by atoms with Gasteiger partial charge in [0.05, 0.1) is 0 Å². The molecule has 2 N–H and O–H groups in total. The molecular weight excluding hydrogens is 106 g/mol. The fourth-order valence-corrected chi connectivity index (χ4v) is 0.496. The summed E-state index contributed by atoms with van der Waals surface area (Å²) in [5.41, 5.74) is 2.71. The Labute approximate surface area is 47.9 Å². The van der Waals surface area contributed by atoms with E-state index in [1.54, 1.807) is 14.0 Å². The molecule has 1 rings (SSSR count).